The molecule has 1 aromatic rings. The fourth-order valence-corrected chi connectivity index (χ4v) is 3.48. The molecule has 0 aromatic heterocycles. The fourth-order valence-electron chi connectivity index (χ4n) is 2.62. The molecule has 1 aromatic carbocycles. The van der Waals surface area contributed by atoms with Crippen LogP contribution in [0.4, 0.5) is 4.79 Å². The molecule has 0 bridgehead atoms. The average molecular weight is 359 g/mol. The molecule has 1 fully saturated rings. The number of imide groups is 1. The van der Waals surface area contributed by atoms with Crippen molar-refractivity contribution in [2.24, 2.45) is 0 Å². The molecule has 2 amide bonds. The van der Waals surface area contributed by atoms with Gasteiger partial charge in [-0.3, -0.25) is 19.8 Å². The van der Waals surface area contributed by atoms with E-state index >= 15 is 0 Å². The van der Waals surface area contributed by atoms with E-state index in [9.17, 15) is 9.59 Å². The van der Waals surface area contributed by atoms with Gasteiger partial charge in [0.1, 0.15) is 12.4 Å². The standard InChI is InChI=1S/C18H21N3O3S/c1-21(16-4-2-3-9-19-16)10-11-24-14-7-5-13(6-8-14)12-15-17(22)20-18(23)25-15/h2-9,15-16,19H,10-12H2,1H3,(H,20,22,23). The van der Waals surface area contributed by atoms with Crippen LogP contribution in [0.2, 0.25) is 0 Å². The van der Waals surface area contributed by atoms with Crippen LogP contribution >= 0.6 is 11.8 Å². The monoisotopic (exact) mass is 359 g/mol. The van der Waals surface area contributed by atoms with Crippen molar-refractivity contribution in [3.8, 4) is 5.75 Å². The molecule has 25 heavy (non-hydrogen) atoms. The number of hydrogen-bond donors (Lipinski definition) is 2. The minimum absolute atomic E-state index is 0.189. The summed E-state index contributed by atoms with van der Waals surface area (Å²) in [4.78, 5) is 25.0. The van der Waals surface area contributed by atoms with E-state index in [0.29, 0.717) is 13.0 Å². The van der Waals surface area contributed by atoms with Gasteiger partial charge in [0.2, 0.25) is 5.91 Å². The number of ether oxygens (including phenoxy) is 1. The Kier molecular flexibility index (Phi) is 5.78. The van der Waals surface area contributed by atoms with Crippen LogP contribution < -0.4 is 15.4 Å². The number of rotatable bonds is 7. The molecule has 132 valence electrons. The van der Waals surface area contributed by atoms with Crippen LogP contribution in [0.1, 0.15) is 5.56 Å². The first-order valence-electron chi connectivity index (χ1n) is 8.15. The zero-order chi connectivity index (χ0) is 17.6. The smallest absolute Gasteiger partial charge is 0.286 e. The van der Waals surface area contributed by atoms with E-state index in [0.717, 1.165) is 29.6 Å². The summed E-state index contributed by atoms with van der Waals surface area (Å²) in [5, 5.41) is 4.96. The van der Waals surface area contributed by atoms with Crippen molar-refractivity contribution >= 4 is 22.9 Å². The van der Waals surface area contributed by atoms with Crippen LogP contribution in [0.25, 0.3) is 0 Å². The second-order valence-electron chi connectivity index (χ2n) is 5.92. The molecule has 2 heterocycles. The Balaban J connectivity index is 1.43. The normalized spacial score (nSPS) is 22.2. The van der Waals surface area contributed by atoms with Crippen LogP contribution in [-0.4, -0.2) is 47.7 Å². The molecule has 2 atom stereocenters. The number of carbonyl (C=O) groups is 2. The summed E-state index contributed by atoms with van der Waals surface area (Å²) in [5.74, 6) is 0.586. The number of hydrogen-bond acceptors (Lipinski definition) is 6. The van der Waals surface area contributed by atoms with Crippen molar-refractivity contribution in [1.29, 1.82) is 0 Å². The van der Waals surface area contributed by atoms with E-state index in [-0.39, 0.29) is 22.6 Å². The molecule has 1 saturated heterocycles. The number of benzene rings is 1. The minimum Gasteiger partial charge on any atom is -0.492 e. The highest BCUT2D eigenvalue weighted by Gasteiger charge is 2.31. The lowest BCUT2D eigenvalue weighted by Crippen LogP contribution is -2.42. The van der Waals surface area contributed by atoms with Crippen molar-refractivity contribution < 1.29 is 14.3 Å². The van der Waals surface area contributed by atoms with Crippen molar-refractivity contribution in [3.63, 3.8) is 0 Å². The zero-order valence-electron chi connectivity index (χ0n) is 14.0. The molecule has 0 radical (unpaired) electrons. The van der Waals surface area contributed by atoms with Crippen LogP contribution in [0.15, 0.2) is 48.7 Å². The number of thioether (sulfide) groups is 1. The lowest BCUT2D eigenvalue weighted by molar-refractivity contribution is -0.118. The molecule has 0 aliphatic carbocycles. The molecule has 6 nitrogen and oxygen atoms in total. The molecule has 2 unspecified atom stereocenters. The molecule has 0 saturated carbocycles. The highest BCUT2D eigenvalue weighted by Crippen LogP contribution is 2.23. The molecule has 2 N–H and O–H groups in total. The van der Waals surface area contributed by atoms with Gasteiger partial charge < -0.3 is 10.1 Å². The number of allylic oxidation sites excluding steroid dienone is 2. The van der Waals surface area contributed by atoms with Crippen LogP contribution in [0.5, 0.6) is 5.75 Å². The summed E-state index contributed by atoms with van der Waals surface area (Å²) in [6.07, 6.45) is 8.74. The van der Waals surface area contributed by atoms with Gasteiger partial charge >= 0.3 is 0 Å². The van der Waals surface area contributed by atoms with Gasteiger partial charge in [-0.25, -0.2) is 0 Å². The van der Waals surface area contributed by atoms with E-state index in [1.54, 1.807) is 0 Å². The molecule has 7 heteroatoms. The number of likely N-dealkylation sites (N-methyl/N-ethyl adjacent to an activating group) is 1. The topological polar surface area (TPSA) is 70.7 Å². The van der Waals surface area contributed by atoms with Gasteiger partial charge in [0, 0.05) is 6.54 Å². The third-order valence-corrected chi connectivity index (χ3v) is 5.05. The first kappa shape index (κ1) is 17.6. The van der Waals surface area contributed by atoms with Crippen LogP contribution in [0.3, 0.4) is 0 Å². The van der Waals surface area contributed by atoms with Gasteiger partial charge in [-0.05, 0) is 49.5 Å². The van der Waals surface area contributed by atoms with E-state index in [1.807, 2.05) is 49.7 Å². The van der Waals surface area contributed by atoms with Gasteiger partial charge in [0.05, 0.1) is 11.4 Å². The summed E-state index contributed by atoms with van der Waals surface area (Å²) in [6.45, 7) is 1.37. The highest BCUT2D eigenvalue weighted by molar-refractivity contribution is 8.15. The third kappa shape index (κ3) is 4.87. The molecule has 2 aliphatic heterocycles. The van der Waals surface area contributed by atoms with Crippen molar-refractivity contribution in [3.05, 3.63) is 54.3 Å². The minimum atomic E-state index is -0.335. The summed E-state index contributed by atoms with van der Waals surface area (Å²) in [6, 6.07) is 7.67. The number of dihydropyridines is 1. The third-order valence-electron chi connectivity index (χ3n) is 4.07. The SMILES string of the molecule is CN(CCOc1ccc(CC2SC(=O)NC2=O)cc1)C1C=CC=CN1. The Hall–Kier alpha value is -2.25. The Morgan fingerprint density at radius 3 is 2.64 bits per heavy atom. The van der Waals surface area contributed by atoms with Gasteiger partial charge in [0.25, 0.3) is 5.24 Å². The first-order valence-corrected chi connectivity index (χ1v) is 9.02. The lowest BCUT2D eigenvalue weighted by atomic mass is 10.1. The largest absolute Gasteiger partial charge is 0.492 e. The Morgan fingerprint density at radius 1 is 1.20 bits per heavy atom. The predicted octanol–water partition coefficient (Wildman–Crippen LogP) is 1.89. The van der Waals surface area contributed by atoms with E-state index in [1.165, 1.54) is 0 Å². The highest BCUT2D eigenvalue weighted by atomic mass is 32.2. The number of nitrogens with one attached hydrogen (secondary N) is 2. The molecule has 3 rings (SSSR count). The molecular weight excluding hydrogens is 338 g/mol. The van der Waals surface area contributed by atoms with E-state index < -0.39 is 0 Å². The second kappa shape index (κ2) is 8.22. The number of nitrogens with zero attached hydrogens (tertiary/aromatic N) is 1. The van der Waals surface area contributed by atoms with Gasteiger partial charge in [-0.15, -0.1) is 0 Å². The summed E-state index contributed by atoms with van der Waals surface area (Å²) in [7, 11) is 2.04. The fraction of sp³-hybridized carbons (Fsp3) is 0.333. The molecule has 0 spiro atoms. The quantitative estimate of drug-likeness (QED) is 0.775. The summed E-state index contributed by atoms with van der Waals surface area (Å²) >= 11 is 1.05. The number of amides is 2. The maximum absolute atomic E-state index is 11.6. The summed E-state index contributed by atoms with van der Waals surface area (Å²) in [5.41, 5.74) is 1.01. The maximum atomic E-state index is 11.6. The van der Waals surface area contributed by atoms with Crippen molar-refractivity contribution in [1.82, 2.24) is 15.5 Å². The Bertz CT molecular complexity index is 687. The van der Waals surface area contributed by atoms with Crippen LogP contribution in [0, 0.1) is 0 Å². The lowest BCUT2D eigenvalue weighted by Gasteiger charge is -2.26. The summed E-state index contributed by atoms with van der Waals surface area (Å²) < 4.78 is 5.78. The zero-order valence-corrected chi connectivity index (χ0v) is 14.8. The maximum Gasteiger partial charge on any atom is 0.286 e. The molecular formula is C18H21N3O3S. The number of carbonyl (C=O) groups excluding carboxylic acids is 2. The second-order valence-corrected chi connectivity index (χ2v) is 7.09. The average Bonchev–Trinajstić information content (AvgIpc) is 2.94. The predicted molar refractivity (Wildman–Crippen MR) is 98.4 cm³/mol. The van der Waals surface area contributed by atoms with Crippen LogP contribution in [-0.2, 0) is 11.2 Å². The van der Waals surface area contributed by atoms with Gasteiger partial charge in [0.15, 0.2) is 0 Å². The Morgan fingerprint density at radius 2 is 2.00 bits per heavy atom. The first-order chi connectivity index (χ1) is 12.1. The Labute approximate surface area is 151 Å². The van der Waals surface area contributed by atoms with Crippen molar-refractivity contribution in [2.75, 3.05) is 20.2 Å². The van der Waals surface area contributed by atoms with Gasteiger partial charge in [-0.1, -0.05) is 30.0 Å². The van der Waals surface area contributed by atoms with Gasteiger partial charge in [-0.2, -0.15) is 0 Å². The van der Waals surface area contributed by atoms with E-state index in [2.05, 4.69) is 21.6 Å². The molecule has 2 aliphatic rings. The van der Waals surface area contributed by atoms with E-state index in [4.69, 9.17) is 4.74 Å². The van der Waals surface area contributed by atoms with Crippen molar-refractivity contribution in [2.45, 2.75) is 17.8 Å².